The fraction of sp³-hybridized carbons (Fsp3) is 0.941. The maximum Gasteiger partial charge on any atom is 0.224 e. The summed E-state index contributed by atoms with van der Waals surface area (Å²) in [6, 6.07) is 0.553. The third-order valence-corrected chi connectivity index (χ3v) is 4.81. The Morgan fingerprint density at radius 2 is 1.80 bits per heavy atom. The molecule has 0 aromatic rings. The van der Waals surface area contributed by atoms with Crippen molar-refractivity contribution in [1.82, 2.24) is 10.2 Å². The lowest BCUT2D eigenvalue weighted by Crippen LogP contribution is -2.43. The Balaban J connectivity index is 1.81. The van der Waals surface area contributed by atoms with Gasteiger partial charge in [0.25, 0.3) is 0 Å². The highest BCUT2D eigenvalue weighted by Crippen LogP contribution is 2.34. The molecule has 1 saturated carbocycles. The predicted molar refractivity (Wildman–Crippen MR) is 83.7 cm³/mol. The van der Waals surface area contributed by atoms with Gasteiger partial charge in [-0.2, -0.15) is 0 Å². The van der Waals surface area contributed by atoms with Gasteiger partial charge in [0.15, 0.2) is 0 Å². The van der Waals surface area contributed by atoms with Crippen LogP contribution in [0.15, 0.2) is 0 Å². The highest BCUT2D eigenvalue weighted by molar-refractivity contribution is 5.77. The molecule has 3 nitrogen and oxygen atoms in total. The van der Waals surface area contributed by atoms with E-state index in [1.807, 2.05) is 0 Å². The highest BCUT2D eigenvalue weighted by atomic mass is 16.2. The van der Waals surface area contributed by atoms with Crippen molar-refractivity contribution in [3.63, 3.8) is 0 Å². The standard InChI is InChI=1S/C17H32N2O/c1-17(2,3)18-12-11-16(20)19-13-7-10-15(19)14-8-5-4-6-9-14/h14-15,18H,4-13H2,1-3H3. The summed E-state index contributed by atoms with van der Waals surface area (Å²) in [5, 5.41) is 3.42. The van der Waals surface area contributed by atoms with Gasteiger partial charge in [-0.05, 0) is 52.4 Å². The van der Waals surface area contributed by atoms with Crippen LogP contribution in [-0.4, -0.2) is 35.5 Å². The zero-order valence-corrected chi connectivity index (χ0v) is 13.6. The number of nitrogens with zero attached hydrogens (tertiary/aromatic N) is 1. The van der Waals surface area contributed by atoms with Gasteiger partial charge in [-0.1, -0.05) is 19.3 Å². The Hall–Kier alpha value is -0.570. The zero-order valence-electron chi connectivity index (χ0n) is 13.6. The normalized spacial score (nSPS) is 25.1. The minimum Gasteiger partial charge on any atom is -0.339 e. The van der Waals surface area contributed by atoms with E-state index in [4.69, 9.17) is 0 Å². The van der Waals surface area contributed by atoms with Crippen LogP contribution in [0.5, 0.6) is 0 Å². The van der Waals surface area contributed by atoms with Crippen LogP contribution >= 0.6 is 0 Å². The predicted octanol–water partition coefficient (Wildman–Crippen LogP) is 3.34. The summed E-state index contributed by atoms with van der Waals surface area (Å²) in [4.78, 5) is 14.7. The molecule has 2 fully saturated rings. The maximum absolute atomic E-state index is 12.5. The molecule has 1 aliphatic heterocycles. The van der Waals surface area contributed by atoms with Crippen LogP contribution in [0, 0.1) is 5.92 Å². The van der Waals surface area contributed by atoms with Gasteiger partial charge in [-0.3, -0.25) is 4.79 Å². The topological polar surface area (TPSA) is 32.3 Å². The van der Waals surface area contributed by atoms with Gasteiger partial charge < -0.3 is 10.2 Å². The second-order valence-electron chi connectivity index (χ2n) is 7.62. The van der Waals surface area contributed by atoms with Crippen molar-refractivity contribution >= 4 is 5.91 Å². The van der Waals surface area contributed by atoms with Crippen molar-refractivity contribution in [3.05, 3.63) is 0 Å². The van der Waals surface area contributed by atoms with Gasteiger partial charge >= 0.3 is 0 Å². The lowest BCUT2D eigenvalue weighted by molar-refractivity contribution is -0.133. The summed E-state index contributed by atoms with van der Waals surface area (Å²) in [6.45, 7) is 8.25. The van der Waals surface area contributed by atoms with E-state index in [-0.39, 0.29) is 5.54 Å². The SMILES string of the molecule is CC(C)(C)NCCC(=O)N1CCCC1C1CCCCC1. The van der Waals surface area contributed by atoms with E-state index < -0.39 is 0 Å². The van der Waals surface area contributed by atoms with Crippen molar-refractivity contribution in [3.8, 4) is 0 Å². The van der Waals surface area contributed by atoms with Crippen LogP contribution in [0.1, 0.15) is 72.1 Å². The maximum atomic E-state index is 12.5. The summed E-state index contributed by atoms with van der Waals surface area (Å²) in [6.07, 6.45) is 9.92. The number of hydrogen-bond donors (Lipinski definition) is 1. The first-order valence-electron chi connectivity index (χ1n) is 8.52. The summed E-state index contributed by atoms with van der Waals surface area (Å²) in [7, 11) is 0. The molecular weight excluding hydrogens is 248 g/mol. The quantitative estimate of drug-likeness (QED) is 0.856. The number of carbonyl (C=O) groups excluding carboxylic acids is 1. The van der Waals surface area contributed by atoms with E-state index in [1.165, 1.54) is 44.9 Å². The van der Waals surface area contributed by atoms with Gasteiger partial charge in [0.2, 0.25) is 5.91 Å². The average Bonchev–Trinajstić information content (AvgIpc) is 2.87. The van der Waals surface area contributed by atoms with Gasteiger partial charge in [0.1, 0.15) is 0 Å². The van der Waals surface area contributed by atoms with Crippen molar-refractivity contribution in [2.24, 2.45) is 5.92 Å². The molecule has 1 saturated heterocycles. The number of amides is 1. The monoisotopic (exact) mass is 280 g/mol. The molecule has 3 heteroatoms. The lowest BCUT2D eigenvalue weighted by Gasteiger charge is -2.34. The van der Waals surface area contributed by atoms with E-state index in [0.29, 0.717) is 18.4 Å². The smallest absolute Gasteiger partial charge is 0.224 e. The number of hydrogen-bond acceptors (Lipinski definition) is 2. The average molecular weight is 280 g/mol. The molecule has 0 spiro atoms. The van der Waals surface area contributed by atoms with Gasteiger partial charge in [-0.15, -0.1) is 0 Å². The van der Waals surface area contributed by atoms with Crippen molar-refractivity contribution in [2.45, 2.75) is 83.7 Å². The minimum absolute atomic E-state index is 0.105. The van der Waals surface area contributed by atoms with Crippen LogP contribution in [-0.2, 0) is 4.79 Å². The Labute approximate surface area is 124 Å². The third-order valence-electron chi connectivity index (χ3n) is 4.81. The molecule has 1 amide bonds. The minimum atomic E-state index is 0.105. The summed E-state index contributed by atoms with van der Waals surface area (Å²) < 4.78 is 0. The van der Waals surface area contributed by atoms with Gasteiger partial charge in [0, 0.05) is 31.1 Å². The Kier molecular flexibility index (Phi) is 5.48. The molecule has 0 radical (unpaired) electrons. The fourth-order valence-corrected chi connectivity index (χ4v) is 3.80. The molecule has 0 aromatic carbocycles. The van der Waals surface area contributed by atoms with Crippen molar-refractivity contribution in [2.75, 3.05) is 13.1 Å². The molecule has 2 rings (SSSR count). The van der Waals surface area contributed by atoms with Crippen LogP contribution in [0.25, 0.3) is 0 Å². The molecule has 2 aliphatic rings. The first-order chi connectivity index (χ1) is 9.47. The second-order valence-corrected chi connectivity index (χ2v) is 7.62. The summed E-state index contributed by atoms with van der Waals surface area (Å²) in [5.41, 5.74) is 0.105. The molecule has 1 atom stereocenters. The van der Waals surface area contributed by atoms with Gasteiger partial charge in [-0.25, -0.2) is 0 Å². The van der Waals surface area contributed by atoms with Gasteiger partial charge in [0.05, 0.1) is 0 Å². The molecule has 0 aromatic heterocycles. The van der Waals surface area contributed by atoms with Crippen LogP contribution in [0.2, 0.25) is 0 Å². The van der Waals surface area contributed by atoms with Crippen LogP contribution in [0.4, 0.5) is 0 Å². The zero-order chi connectivity index (χ0) is 14.6. The molecule has 20 heavy (non-hydrogen) atoms. The molecule has 1 unspecified atom stereocenters. The van der Waals surface area contributed by atoms with Crippen molar-refractivity contribution in [1.29, 1.82) is 0 Å². The summed E-state index contributed by atoms with van der Waals surface area (Å²) >= 11 is 0. The van der Waals surface area contributed by atoms with E-state index in [0.717, 1.165) is 19.0 Å². The first kappa shape index (κ1) is 15.8. The van der Waals surface area contributed by atoms with E-state index in [9.17, 15) is 4.79 Å². The number of nitrogens with one attached hydrogen (secondary N) is 1. The Bertz CT molecular complexity index is 315. The Morgan fingerprint density at radius 3 is 2.45 bits per heavy atom. The van der Waals surface area contributed by atoms with Crippen LogP contribution < -0.4 is 5.32 Å². The Morgan fingerprint density at radius 1 is 1.10 bits per heavy atom. The molecule has 0 bridgehead atoms. The number of likely N-dealkylation sites (tertiary alicyclic amines) is 1. The fourth-order valence-electron chi connectivity index (χ4n) is 3.80. The highest BCUT2D eigenvalue weighted by Gasteiger charge is 2.34. The first-order valence-corrected chi connectivity index (χ1v) is 8.52. The largest absolute Gasteiger partial charge is 0.339 e. The molecule has 1 aliphatic carbocycles. The lowest BCUT2D eigenvalue weighted by atomic mass is 9.83. The van der Waals surface area contributed by atoms with Crippen molar-refractivity contribution < 1.29 is 4.79 Å². The third kappa shape index (κ3) is 4.47. The molecule has 116 valence electrons. The number of carbonyl (C=O) groups is 1. The summed E-state index contributed by atoms with van der Waals surface area (Å²) in [5.74, 6) is 1.15. The second kappa shape index (κ2) is 6.93. The molecule has 1 N–H and O–H groups in total. The van der Waals surface area contributed by atoms with E-state index in [2.05, 4.69) is 31.0 Å². The van der Waals surface area contributed by atoms with E-state index in [1.54, 1.807) is 0 Å². The number of rotatable bonds is 4. The molecular formula is C17H32N2O. The van der Waals surface area contributed by atoms with E-state index >= 15 is 0 Å². The molecule has 1 heterocycles. The van der Waals surface area contributed by atoms with Crippen LogP contribution in [0.3, 0.4) is 0 Å².